The molecule has 2 aliphatic heterocycles. The summed E-state index contributed by atoms with van der Waals surface area (Å²) in [5.41, 5.74) is -2.32. The fourth-order valence-corrected chi connectivity index (χ4v) is 7.89. The van der Waals surface area contributed by atoms with Crippen molar-refractivity contribution in [1.29, 1.82) is 0 Å². The number of ether oxygens (including phenoxy) is 9. The van der Waals surface area contributed by atoms with Crippen LogP contribution in [0.5, 0.6) is 0 Å². The van der Waals surface area contributed by atoms with Crippen molar-refractivity contribution in [1.82, 2.24) is 0 Å². The summed E-state index contributed by atoms with van der Waals surface area (Å²) in [6.45, 7) is 7.07. The number of benzene rings is 1. The van der Waals surface area contributed by atoms with E-state index in [0.717, 1.165) is 46.4 Å². The van der Waals surface area contributed by atoms with Crippen LogP contribution in [0, 0.1) is 0 Å². The van der Waals surface area contributed by atoms with Crippen molar-refractivity contribution >= 4 is 65.3 Å². The van der Waals surface area contributed by atoms with Gasteiger partial charge in [-0.25, -0.2) is 0 Å². The molecular formula is C32H40O16S2. The lowest BCUT2D eigenvalue weighted by molar-refractivity contribution is -0.238. The largest absolute Gasteiger partial charge is 0.463 e. The van der Waals surface area contributed by atoms with Crippen molar-refractivity contribution in [2.45, 2.75) is 112 Å². The van der Waals surface area contributed by atoms with E-state index in [1.807, 2.05) is 0 Å². The second-order valence-electron chi connectivity index (χ2n) is 11.1. The molecule has 2 aliphatic rings. The van der Waals surface area contributed by atoms with Crippen molar-refractivity contribution in [2.24, 2.45) is 0 Å². The van der Waals surface area contributed by atoms with E-state index in [9.17, 15) is 33.6 Å². The average Bonchev–Trinajstić information content (AvgIpc) is 3.00. The van der Waals surface area contributed by atoms with E-state index in [1.54, 1.807) is 30.3 Å². The highest BCUT2D eigenvalue weighted by Crippen LogP contribution is 2.44. The minimum Gasteiger partial charge on any atom is -0.463 e. The summed E-state index contributed by atoms with van der Waals surface area (Å²) in [5.74, 6) is -5.29. The van der Waals surface area contributed by atoms with E-state index in [-0.39, 0.29) is 6.61 Å². The van der Waals surface area contributed by atoms with Gasteiger partial charge in [-0.1, -0.05) is 30.0 Å². The van der Waals surface area contributed by atoms with Gasteiger partial charge in [0.1, 0.15) is 36.3 Å². The summed E-state index contributed by atoms with van der Waals surface area (Å²) in [5, 5.41) is -1.09. The Balaban J connectivity index is 2.16. The van der Waals surface area contributed by atoms with Crippen LogP contribution in [0.2, 0.25) is 0 Å². The fraction of sp³-hybridized carbons (Fsp3) is 0.594. The van der Waals surface area contributed by atoms with Crippen molar-refractivity contribution in [2.75, 3.05) is 13.2 Å². The predicted molar refractivity (Wildman–Crippen MR) is 172 cm³/mol. The third-order valence-corrected chi connectivity index (χ3v) is 9.57. The summed E-state index contributed by atoms with van der Waals surface area (Å²) >= 11 is 2.03. The molecule has 50 heavy (non-hydrogen) atoms. The summed E-state index contributed by atoms with van der Waals surface area (Å²) < 4.78 is 51.3. The molecule has 276 valence electrons. The van der Waals surface area contributed by atoms with Crippen LogP contribution in [-0.4, -0.2) is 114 Å². The molecule has 0 saturated carbocycles. The lowest BCUT2D eigenvalue weighted by Gasteiger charge is -2.48. The third-order valence-electron chi connectivity index (χ3n) is 6.88. The van der Waals surface area contributed by atoms with E-state index >= 15 is 0 Å². The van der Waals surface area contributed by atoms with Crippen molar-refractivity contribution in [3.05, 3.63) is 30.3 Å². The Morgan fingerprint density at radius 2 is 0.940 bits per heavy atom. The maximum Gasteiger partial charge on any atom is 0.303 e. The van der Waals surface area contributed by atoms with Crippen LogP contribution in [0.1, 0.15) is 48.5 Å². The van der Waals surface area contributed by atoms with Crippen LogP contribution in [0.15, 0.2) is 35.2 Å². The SMILES string of the molecule is CC(=O)OC[C@H]1O[C@@H](S[C@H]2[C@H](OC(C)=O)[C@@H](OC(C)=O)[C@H](Sc3ccccc3)O[C@@H]2COC(C)=O)[C@H](OC(C)=O)[C@@H](OC(C)=O)[C@@H]1OC(C)=O. The summed E-state index contributed by atoms with van der Waals surface area (Å²) in [4.78, 5) is 86.4. The quantitative estimate of drug-likeness (QED) is 0.210. The van der Waals surface area contributed by atoms with Crippen LogP contribution in [0.4, 0.5) is 0 Å². The van der Waals surface area contributed by atoms with Crippen LogP contribution >= 0.6 is 23.5 Å². The normalized spacial score (nSPS) is 29.0. The second-order valence-corrected chi connectivity index (χ2v) is 13.5. The zero-order chi connectivity index (χ0) is 37.1. The Morgan fingerprint density at radius 1 is 0.520 bits per heavy atom. The zero-order valence-corrected chi connectivity index (χ0v) is 30.1. The maximum absolute atomic E-state index is 12.6. The zero-order valence-electron chi connectivity index (χ0n) is 28.4. The number of thioether (sulfide) groups is 2. The highest BCUT2D eigenvalue weighted by atomic mass is 32.2. The Hall–Kier alpha value is -3.87. The molecule has 0 aliphatic carbocycles. The summed E-state index contributed by atoms with van der Waals surface area (Å²) in [6.07, 6.45) is -9.25. The van der Waals surface area contributed by atoms with Gasteiger partial charge < -0.3 is 42.6 Å². The molecule has 18 heteroatoms. The Labute approximate surface area is 296 Å². The first kappa shape index (κ1) is 40.6. The molecule has 3 rings (SSSR count). The smallest absolute Gasteiger partial charge is 0.303 e. The Kier molecular flexibility index (Phi) is 15.4. The minimum atomic E-state index is -1.48. The number of hydrogen-bond acceptors (Lipinski definition) is 18. The highest BCUT2D eigenvalue weighted by Gasteiger charge is 2.57. The lowest BCUT2D eigenvalue weighted by atomic mass is 9.99. The van der Waals surface area contributed by atoms with Gasteiger partial charge in [-0.2, -0.15) is 0 Å². The van der Waals surface area contributed by atoms with Gasteiger partial charge in [0, 0.05) is 53.4 Å². The predicted octanol–water partition coefficient (Wildman–Crippen LogP) is 2.11. The van der Waals surface area contributed by atoms with E-state index in [2.05, 4.69) is 0 Å². The molecule has 2 fully saturated rings. The monoisotopic (exact) mass is 744 g/mol. The minimum absolute atomic E-state index is 0.366. The van der Waals surface area contributed by atoms with Crippen molar-refractivity contribution < 1.29 is 76.2 Å². The number of rotatable bonds is 13. The molecule has 0 N–H and O–H groups in total. The fourth-order valence-electron chi connectivity index (χ4n) is 5.20. The molecule has 0 spiro atoms. The number of esters is 7. The second kappa shape index (κ2) is 18.9. The highest BCUT2D eigenvalue weighted by molar-refractivity contribution is 8.00. The van der Waals surface area contributed by atoms with E-state index in [0.29, 0.717) is 4.90 Å². The molecule has 1 aromatic rings. The molecule has 0 unspecified atom stereocenters. The first-order valence-electron chi connectivity index (χ1n) is 15.4. The van der Waals surface area contributed by atoms with Gasteiger partial charge in [-0.05, 0) is 12.1 Å². The number of carbonyl (C=O) groups excluding carboxylic acids is 7. The standard InChI is InChI=1S/C32H40O16S2/c1-15(33)40-13-23-25(42-17(3)35)26(43-18(4)36)28(45-20(6)38)32(47-23)50-30-24(14-41-16(2)34)48-31(49-22-11-9-8-10-12-22)29(46-21(7)39)27(30)44-19(5)37/h8-12,23-32H,13-14H2,1-7H3/t23-,24-,25-,26+,27-,28-,29-,30-,31+,32+/m1/s1. The third kappa shape index (κ3) is 12.2. The number of carbonyl (C=O) groups is 7. The molecule has 16 nitrogen and oxygen atoms in total. The van der Waals surface area contributed by atoms with Gasteiger partial charge in [0.2, 0.25) is 0 Å². The average molecular weight is 745 g/mol. The number of hydrogen-bond donors (Lipinski definition) is 0. The van der Waals surface area contributed by atoms with E-state index < -0.39 is 107 Å². The van der Waals surface area contributed by atoms with Crippen LogP contribution in [0.25, 0.3) is 0 Å². The van der Waals surface area contributed by atoms with Gasteiger partial charge in [-0.3, -0.25) is 33.6 Å². The molecule has 0 radical (unpaired) electrons. The molecule has 0 aromatic heterocycles. The van der Waals surface area contributed by atoms with Crippen LogP contribution in [-0.2, 0) is 76.2 Å². The first-order chi connectivity index (χ1) is 23.5. The lowest BCUT2D eigenvalue weighted by Crippen LogP contribution is -2.64. The molecular weight excluding hydrogens is 704 g/mol. The molecule has 0 amide bonds. The Bertz CT molecular complexity index is 1390. The molecule has 1 aromatic carbocycles. The Morgan fingerprint density at radius 3 is 1.44 bits per heavy atom. The van der Waals surface area contributed by atoms with Crippen LogP contribution < -0.4 is 0 Å². The van der Waals surface area contributed by atoms with Crippen molar-refractivity contribution in [3.8, 4) is 0 Å². The maximum atomic E-state index is 12.6. The first-order valence-corrected chi connectivity index (χ1v) is 17.2. The molecule has 2 heterocycles. The van der Waals surface area contributed by atoms with Gasteiger partial charge in [0.15, 0.2) is 30.5 Å². The molecule has 0 bridgehead atoms. The summed E-state index contributed by atoms with van der Waals surface area (Å²) in [6, 6.07) is 8.96. The van der Waals surface area contributed by atoms with Gasteiger partial charge in [0.05, 0.1) is 5.25 Å². The van der Waals surface area contributed by atoms with Crippen molar-refractivity contribution in [3.63, 3.8) is 0 Å². The van der Waals surface area contributed by atoms with Gasteiger partial charge in [0.25, 0.3) is 0 Å². The molecule has 2 saturated heterocycles. The van der Waals surface area contributed by atoms with E-state index in [4.69, 9.17) is 42.6 Å². The molecule has 10 atom stereocenters. The van der Waals surface area contributed by atoms with Gasteiger partial charge in [-0.15, -0.1) is 11.8 Å². The topological polar surface area (TPSA) is 203 Å². The van der Waals surface area contributed by atoms with Gasteiger partial charge >= 0.3 is 41.8 Å². The van der Waals surface area contributed by atoms with E-state index in [1.165, 1.54) is 25.6 Å². The summed E-state index contributed by atoms with van der Waals surface area (Å²) in [7, 11) is 0. The van der Waals surface area contributed by atoms with Crippen LogP contribution in [0.3, 0.4) is 0 Å².